The van der Waals surface area contributed by atoms with E-state index in [1.807, 2.05) is 19.1 Å². The molecule has 2 atom stereocenters. The van der Waals surface area contributed by atoms with Crippen molar-refractivity contribution < 1.29 is 14.6 Å². The van der Waals surface area contributed by atoms with Crippen molar-refractivity contribution in [2.24, 2.45) is 5.92 Å². The average Bonchev–Trinajstić information content (AvgIpc) is 2.35. The van der Waals surface area contributed by atoms with Crippen LogP contribution in [0, 0.1) is 5.92 Å². The van der Waals surface area contributed by atoms with Gasteiger partial charge in [0.15, 0.2) is 0 Å². The number of carbonyl (C=O) groups is 1. The van der Waals surface area contributed by atoms with E-state index in [4.69, 9.17) is 15.6 Å². The van der Waals surface area contributed by atoms with E-state index in [2.05, 4.69) is 5.32 Å². The molecular formula is C13H18N2O3. The first-order valence-corrected chi connectivity index (χ1v) is 6.13. The number of rotatable bonds is 4. The number of anilines is 2. The number of carboxylic acids is 1. The molecule has 1 aromatic carbocycles. The van der Waals surface area contributed by atoms with Crippen molar-refractivity contribution in [3.05, 3.63) is 18.2 Å². The fourth-order valence-electron chi connectivity index (χ4n) is 2.12. The van der Waals surface area contributed by atoms with E-state index in [0.717, 1.165) is 11.4 Å². The fourth-order valence-corrected chi connectivity index (χ4v) is 2.12. The summed E-state index contributed by atoms with van der Waals surface area (Å²) in [6.45, 7) is 2.49. The maximum absolute atomic E-state index is 11.0. The molecule has 0 aliphatic carbocycles. The summed E-state index contributed by atoms with van der Waals surface area (Å²) in [6.07, 6.45) is 1.02. The molecule has 1 aromatic rings. The van der Waals surface area contributed by atoms with Gasteiger partial charge >= 0.3 is 5.97 Å². The quantitative estimate of drug-likeness (QED) is 0.711. The predicted molar refractivity (Wildman–Crippen MR) is 69.8 cm³/mol. The second-order valence-electron chi connectivity index (χ2n) is 4.56. The van der Waals surface area contributed by atoms with Crippen LogP contribution in [0.3, 0.4) is 0 Å². The fraction of sp³-hybridized carbons (Fsp3) is 0.462. The van der Waals surface area contributed by atoms with Crippen LogP contribution in [-0.2, 0) is 4.79 Å². The number of nitrogens with two attached hydrogens (primary N) is 1. The van der Waals surface area contributed by atoms with Crippen LogP contribution in [0.2, 0.25) is 0 Å². The van der Waals surface area contributed by atoms with Gasteiger partial charge in [-0.05, 0) is 31.0 Å². The number of hydrogen-bond acceptors (Lipinski definition) is 4. The van der Waals surface area contributed by atoms with E-state index in [1.54, 1.807) is 6.07 Å². The molecule has 1 aliphatic heterocycles. The number of aliphatic carboxylic acids is 1. The lowest BCUT2D eigenvalue weighted by Crippen LogP contribution is -2.34. The molecule has 5 nitrogen and oxygen atoms in total. The van der Waals surface area contributed by atoms with Crippen LogP contribution in [0.15, 0.2) is 18.2 Å². The second-order valence-corrected chi connectivity index (χ2v) is 4.56. The van der Waals surface area contributed by atoms with Crippen LogP contribution in [0.25, 0.3) is 0 Å². The molecule has 0 fully saturated rings. The number of fused-ring (bicyclic) bond motifs is 1. The van der Waals surface area contributed by atoms with Gasteiger partial charge in [-0.25, -0.2) is 0 Å². The predicted octanol–water partition coefficient (Wildman–Crippen LogP) is 1.94. The summed E-state index contributed by atoms with van der Waals surface area (Å²) in [5.74, 6) is -0.378. The summed E-state index contributed by atoms with van der Waals surface area (Å²) in [5.41, 5.74) is 7.24. The van der Waals surface area contributed by atoms with Crippen molar-refractivity contribution >= 4 is 17.3 Å². The molecule has 2 rings (SSSR count). The Morgan fingerprint density at radius 1 is 1.67 bits per heavy atom. The van der Waals surface area contributed by atoms with E-state index in [9.17, 15) is 4.79 Å². The molecule has 0 bridgehead atoms. The van der Waals surface area contributed by atoms with Crippen molar-refractivity contribution in [1.29, 1.82) is 0 Å². The van der Waals surface area contributed by atoms with Crippen molar-refractivity contribution in [2.75, 3.05) is 17.6 Å². The summed E-state index contributed by atoms with van der Waals surface area (Å²) >= 11 is 0. The second kappa shape index (κ2) is 5.16. The molecule has 18 heavy (non-hydrogen) atoms. The SMILES string of the molecule is CCC(C[C@H]1CNc2cc(N)ccc2O1)C(=O)O. The zero-order chi connectivity index (χ0) is 13.1. The molecule has 5 heteroatoms. The Morgan fingerprint density at radius 2 is 2.44 bits per heavy atom. The van der Waals surface area contributed by atoms with Crippen LogP contribution in [0.1, 0.15) is 19.8 Å². The van der Waals surface area contributed by atoms with Crippen molar-refractivity contribution in [1.82, 2.24) is 0 Å². The maximum atomic E-state index is 11.0. The van der Waals surface area contributed by atoms with Gasteiger partial charge in [-0.2, -0.15) is 0 Å². The monoisotopic (exact) mass is 250 g/mol. The Balaban J connectivity index is 2.03. The van der Waals surface area contributed by atoms with E-state index in [1.165, 1.54) is 0 Å². The first-order chi connectivity index (χ1) is 8.60. The van der Waals surface area contributed by atoms with Crippen LogP contribution in [0.5, 0.6) is 5.75 Å². The Morgan fingerprint density at radius 3 is 3.11 bits per heavy atom. The minimum Gasteiger partial charge on any atom is -0.486 e. The van der Waals surface area contributed by atoms with Gasteiger partial charge in [0.1, 0.15) is 11.9 Å². The van der Waals surface area contributed by atoms with Gasteiger partial charge in [-0.3, -0.25) is 4.79 Å². The molecule has 0 amide bonds. The van der Waals surface area contributed by atoms with Crippen LogP contribution in [-0.4, -0.2) is 23.7 Å². The number of benzene rings is 1. The number of nitrogen functional groups attached to an aromatic ring is 1. The summed E-state index contributed by atoms with van der Waals surface area (Å²) in [5, 5.41) is 12.3. The third kappa shape index (κ3) is 2.67. The van der Waals surface area contributed by atoms with Gasteiger partial charge in [-0.15, -0.1) is 0 Å². The molecule has 0 saturated heterocycles. The lowest BCUT2D eigenvalue weighted by atomic mass is 9.98. The molecule has 4 N–H and O–H groups in total. The van der Waals surface area contributed by atoms with Crippen LogP contribution in [0.4, 0.5) is 11.4 Å². The highest BCUT2D eigenvalue weighted by Crippen LogP contribution is 2.32. The maximum Gasteiger partial charge on any atom is 0.306 e. The minimum atomic E-state index is -0.760. The smallest absolute Gasteiger partial charge is 0.306 e. The molecule has 0 saturated carbocycles. The lowest BCUT2D eigenvalue weighted by Gasteiger charge is -2.29. The Bertz CT molecular complexity index is 448. The minimum absolute atomic E-state index is 0.109. The summed E-state index contributed by atoms with van der Waals surface area (Å²) in [6, 6.07) is 5.41. The molecular weight excluding hydrogens is 232 g/mol. The van der Waals surface area contributed by atoms with Crippen LogP contribution >= 0.6 is 0 Å². The number of carboxylic acid groups (broad SMARTS) is 1. The molecule has 1 aliphatic rings. The van der Waals surface area contributed by atoms with Gasteiger partial charge in [-0.1, -0.05) is 6.92 Å². The van der Waals surface area contributed by atoms with E-state index in [0.29, 0.717) is 25.1 Å². The third-order valence-electron chi connectivity index (χ3n) is 3.21. The van der Waals surface area contributed by atoms with E-state index < -0.39 is 5.97 Å². The zero-order valence-electron chi connectivity index (χ0n) is 10.3. The van der Waals surface area contributed by atoms with Crippen molar-refractivity contribution in [2.45, 2.75) is 25.9 Å². The first-order valence-electron chi connectivity index (χ1n) is 6.13. The first kappa shape index (κ1) is 12.5. The zero-order valence-corrected chi connectivity index (χ0v) is 10.3. The van der Waals surface area contributed by atoms with Gasteiger partial charge < -0.3 is 20.9 Å². The van der Waals surface area contributed by atoms with Gasteiger partial charge in [0.05, 0.1) is 18.2 Å². The Hall–Kier alpha value is -1.91. The summed E-state index contributed by atoms with van der Waals surface area (Å²) in [7, 11) is 0. The number of hydrogen-bond donors (Lipinski definition) is 3. The largest absolute Gasteiger partial charge is 0.486 e. The molecule has 0 aromatic heterocycles. The van der Waals surface area contributed by atoms with E-state index >= 15 is 0 Å². The number of nitrogens with one attached hydrogen (secondary N) is 1. The van der Waals surface area contributed by atoms with E-state index in [-0.39, 0.29) is 12.0 Å². The molecule has 0 radical (unpaired) electrons. The molecule has 1 heterocycles. The Labute approximate surface area is 106 Å². The van der Waals surface area contributed by atoms with Crippen LogP contribution < -0.4 is 15.8 Å². The molecule has 98 valence electrons. The molecule has 1 unspecified atom stereocenters. The highest BCUT2D eigenvalue weighted by atomic mass is 16.5. The molecule has 0 spiro atoms. The van der Waals surface area contributed by atoms with Crippen molar-refractivity contribution in [3.8, 4) is 5.75 Å². The third-order valence-corrected chi connectivity index (χ3v) is 3.21. The van der Waals surface area contributed by atoms with Gasteiger partial charge in [0.25, 0.3) is 0 Å². The van der Waals surface area contributed by atoms with Gasteiger partial charge in [0, 0.05) is 5.69 Å². The highest BCUT2D eigenvalue weighted by molar-refractivity contribution is 5.70. The standard InChI is InChI=1S/C13H18N2O3/c1-2-8(13(16)17)5-10-7-15-11-6-9(14)3-4-12(11)18-10/h3-4,6,8,10,15H,2,5,7,14H2,1H3,(H,16,17)/t8?,10-/m0/s1. The highest BCUT2D eigenvalue weighted by Gasteiger charge is 2.25. The topological polar surface area (TPSA) is 84.6 Å². The van der Waals surface area contributed by atoms with Crippen molar-refractivity contribution in [3.63, 3.8) is 0 Å². The summed E-state index contributed by atoms with van der Waals surface area (Å²) < 4.78 is 5.79. The normalized spacial score (nSPS) is 19.3. The number of ether oxygens (including phenoxy) is 1. The average molecular weight is 250 g/mol. The lowest BCUT2D eigenvalue weighted by molar-refractivity contribution is -0.142. The summed E-state index contributed by atoms with van der Waals surface area (Å²) in [4.78, 5) is 11.0. The Kier molecular flexibility index (Phi) is 3.60. The van der Waals surface area contributed by atoms with Gasteiger partial charge in [0.2, 0.25) is 0 Å².